The number of aromatic nitrogens is 2. The van der Waals surface area contributed by atoms with Crippen molar-refractivity contribution in [2.75, 3.05) is 24.7 Å². The van der Waals surface area contributed by atoms with Crippen molar-refractivity contribution in [1.29, 1.82) is 0 Å². The maximum atomic E-state index is 10.8. The van der Waals surface area contributed by atoms with Crippen molar-refractivity contribution in [2.24, 2.45) is 0 Å². The fourth-order valence-electron chi connectivity index (χ4n) is 1.14. The summed E-state index contributed by atoms with van der Waals surface area (Å²) in [7, 11) is -3.10. The van der Waals surface area contributed by atoms with Gasteiger partial charge in [-0.1, -0.05) is 0 Å². The zero-order chi connectivity index (χ0) is 11.3. The monoisotopic (exact) mass is 232 g/mol. The third-order valence-corrected chi connectivity index (χ3v) is 2.56. The highest BCUT2D eigenvalue weighted by molar-refractivity contribution is 7.88. The van der Waals surface area contributed by atoms with E-state index in [4.69, 9.17) is 0 Å². The molecule has 1 aromatic rings. The zero-order valence-corrected chi connectivity index (χ0v) is 9.71. The van der Waals surface area contributed by atoms with Crippen LogP contribution in [-0.4, -0.2) is 37.3 Å². The van der Waals surface area contributed by atoms with Gasteiger partial charge in [-0.15, -0.1) is 0 Å². The van der Waals surface area contributed by atoms with Crippen LogP contribution in [0, 0.1) is 0 Å². The van der Waals surface area contributed by atoms with Gasteiger partial charge in [0.25, 0.3) is 0 Å². The van der Waals surface area contributed by atoms with Gasteiger partial charge in [-0.3, -0.25) is 0 Å². The van der Waals surface area contributed by atoms with Crippen LogP contribution >= 0.6 is 0 Å². The van der Waals surface area contributed by atoms with Crippen LogP contribution in [0.4, 0.5) is 5.95 Å². The zero-order valence-electron chi connectivity index (χ0n) is 8.90. The Morgan fingerprint density at radius 1 is 1.47 bits per heavy atom. The minimum absolute atomic E-state index is 0.357. The smallest absolute Gasteiger partial charge is 0.208 e. The highest BCUT2D eigenvalue weighted by Gasteiger charge is 2.01. The van der Waals surface area contributed by atoms with Crippen LogP contribution < -0.4 is 10.0 Å². The maximum absolute atomic E-state index is 10.8. The molecule has 7 heteroatoms. The van der Waals surface area contributed by atoms with E-state index in [-0.39, 0.29) is 0 Å². The predicted molar refractivity (Wildman–Crippen MR) is 59.2 cm³/mol. The van der Waals surface area contributed by atoms with Gasteiger partial charge in [0.1, 0.15) is 0 Å². The molecule has 0 fully saturated rings. The van der Waals surface area contributed by atoms with E-state index in [1.807, 2.05) is 17.7 Å². The van der Waals surface area contributed by atoms with Crippen LogP contribution in [0.25, 0.3) is 0 Å². The van der Waals surface area contributed by atoms with Gasteiger partial charge in [-0.2, -0.15) is 0 Å². The summed E-state index contributed by atoms with van der Waals surface area (Å²) in [6.45, 7) is 3.73. The van der Waals surface area contributed by atoms with E-state index in [1.54, 1.807) is 6.20 Å². The molecule has 0 amide bonds. The van der Waals surface area contributed by atoms with E-state index < -0.39 is 10.0 Å². The van der Waals surface area contributed by atoms with Crippen molar-refractivity contribution in [2.45, 2.75) is 13.5 Å². The first-order valence-electron chi connectivity index (χ1n) is 4.72. The van der Waals surface area contributed by atoms with Crippen molar-refractivity contribution >= 4 is 16.0 Å². The Kier molecular flexibility index (Phi) is 4.10. The number of aryl methyl sites for hydroxylation is 1. The first kappa shape index (κ1) is 12.0. The molecule has 1 aromatic heterocycles. The van der Waals surface area contributed by atoms with E-state index in [0.717, 1.165) is 18.7 Å². The largest absolute Gasteiger partial charge is 0.354 e. The van der Waals surface area contributed by atoms with Crippen molar-refractivity contribution < 1.29 is 8.42 Å². The van der Waals surface area contributed by atoms with E-state index in [2.05, 4.69) is 15.0 Å². The fraction of sp³-hybridized carbons (Fsp3) is 0.625. The summed E-state index contributed by atoms with van der Waals surface area (Å²) in [5.74, 6) is 0.757. The highest BCUT2D eigenvalue weighted by atomic mass is 32.2. The molecule has 6 nitrogen and oxygen atoms in total. The molecule has 86 valence electrons. The Morgan fingerprint density at radius 2 is 2.20 bits per heavy atom. The molecule has 2 N–H and O–H groups in total. The van der Waals surface area contributed by atoms with Crippen LogP contribution in [0.15, 0.2) is 12.4 Å². The molecule has 0 saturated heterocycles. The third kappa shape index (κ3) is 4.30. The molecule has 0 bridgehead atoms. The van der Waals surface area contributed by atoms with Crippen LogP contribution in [0.2, 0.25) is 0 Å². The first-order chi connectivity index (χ1) is 7.03. The molecule has 0 atom stereocenters. The normalized spacial score (nSPS) is 11.6. The molecule has 0 radical (unpaired) electrons. The number of sulfonamides is 1. The first-order valence-corrected chi connectivity index (χ1v) is 6.61. The summed E-state index contributed by atoms with van der Waals surface area (Å²) in [6.07, 6.45) is 4.71. The molecule has 0 aromatic carbocycles. The summed E-state index contributed by atoms with van der Waals surface area (Å²) in [5, 5.41) is 3.04. The SMILES string of the molecule is CCn1ccnc1NCCNS(C)(=O)=O. The minimum Gasteiger partial charge on any atom is -0.354 e. The van der Waals surface area contributed by atoms with E-state index >= 15 is 0 Å². The maximum Gasteiger partial charge on any atom is 0.208 e. The van der Waals surface area contributed by atoms with Crippen molar-refractivity contribution in [3.8, 4) is 0 Å². The summed E-state index contributed by atoms with van der Waals surface area (Å²) < 4.78 is 25.9. The second-order valence-electron chi connectivity index (χ2n) is 3.13. The average Bonchev–Trinajstić information content (AvgIpc) is 2.58. The third-order valence-electron chi connectivity index (χ3n) is 1.83. The second kappa shape index (κ2) is 5.13. The number of nitrogens with zero attached hydrogens (tertiary/aromatic N) is 2. The molecule has 0 aliphatic rings. The van der Waals surface area contributed by atoms with E-state index in [9.17, 15) is 8.42 Å². The molecule has 1 rings (SSSR count). The quantitative estimate of drug-likeness (QED) is 0.670. The van der Waals surface area contributed by atoms with Gasteiger partial charge in [0.05, 0.1) is 6.26 Å². The fourth-order valence-corrected chi connectivity index (χ4v) is 1.62. The van der Waals surface area contributed by atoms with Crippen molar-refractivity contribution in [3.63, 3.8) is 0 Å². The highest BCUT2D eigenvalue weighted by Crippen LogP contribution is 2.02. The second-order valence-corrected chi connectivity index (χ2v) is 4.96. The van der Waals surface area contributed by atoms with Crippen LogP contribution in [0.1, 0.15) is 6.92 Å². The number of anilines is 1. The summed E-state index contributed by atoms with van der Waals surface area (Å²) >= 11 is 0. The van der Waals surface area contributed by atoms with Gasteiger partial charge in [0.15, 0.2) is 0 Å². The lowest BCUT2D eigenvalue weighted by molar-refractivity contribution is 0.589. The van der Waals surface area contributed by atoms with Gasteiger partial charge in [-0.25, -0.2) is 18.1 Å². The number of imidazole rings is 1. The molecule has 0 spiro atoms. The topological polar surface area (TPSA) is 76.0 Å². The summed E-state index contributed by atoms with van der Waals surface area (Å²) in [6, 6.07) is 0. The molecule has 1 heterocycles. The molecule has 15 heavy (non-hydrogen) atoms. The number of hydrogen-bond donors (Lipinski definition) is 2. The molecule has 0 aliphatic heterocycles. The van der Waals surface area contributed by atoms with Crippen LogP contribution in [0.5, 0.6) is 0 Å². The Bertz CT molecular complexity index is 399. The molecular formula is C8H16N4O2S. The van der Waals surface area contributed by atoms with Crippen LogP contribution in [0.3, 0.4) is 0 Å². The lowest BCUT2D eigenvalue weighted by atomic mass is 10.6. The Labute approximate surface area is 89.8 Å². The van der Waals surface area contributed by atoms with Crippen LogP contribution in [-0.2, 0) is 16.6 Å². The molecular weight excluding hydrogens is 216 g/mol. The number of hydrogen-bond acceptors (Lipinski definition) is 4. The molecule has 0 saturated carbocycles. The Balaban J connectivity index is 2.32. The number of rotatable bonds is 6. The number of nitrogens with one attached hydrogen (secondary N) is 2. The van der Waals surface area contributed by atoms with E-state index in [1.165, 1.54) is 0 Å². The minimum atomic E-state index is -3.10. The van der Waals surface area contributed by atoms with Gasteiger partial charge in [-0.05, 0) is 6.92 Å². The van der Waals surface area contributed by atoms with Crippen molar-refractivity contribution in [3.05, 3.63) is 12.4 Å². The Morgan fingerprint density at radius 3 is 2.80 bits per heavy atom. The van der Waals surface area contributed by atoms with Gasteiger partial charge in [0, 0.05) is 32.0 Å². The lowest BCUT2D eigenvalue weighted by Gasteiger charge is -2.07. The summed E-state index contributed by atoms with van der Waals surface area (Å²) in [5.41, 5.74) is 0. The van der Waals surface area contributed by atoms with E-state index in [0.29, 0.717) is 13.1 Å². The predicted octanol–water partition coefficient (Wildman–Crippen LogP) is -0.136. The molecule has 0 aliphatic carbocycles. The van der Waals surface area contributed by atoms with Gasteiger partial charge < -0.3 is 9.88 Å². The van der Waals surface area contributed by atoms with Crippen molar-refractivity contribution in [1.82, 2.24) is 14.3 Å². The molecule has 0 unspecified atom stereocenters. The Hall–Kier alpha value is -1.08. The van der Waals surface area contributed by atoms with Gasteiger partial charge >= 0.3 is 0 Å². The lowest BCUT2D eigenvalue weighted by Crippen LogP contribution is -2.28. The van der Waals surface area contributed by atoms with Gasteiger partial charge in [0.2, 0.25) is 16.0 Å². The standard InChI is InChI=1S/C8H16N4O2S/c1-3-12-7-6-10-8(12)9-4-5-11-15(2,13)14/h6-7,11H,3-5H2,1-2H3,(H,9,10). The summed E-state index contributed by atoms with van der Waals surface area (Å²) in [4.78, 5) is 4.10. The average molecular weight is 232 g/mol.